The van der Waals surface area contributed by atoms with Crippen molar-refractivity contribution in [3.8, 4) is 11.5 Å². The summed E-state index contributed by atoms with van der Waals surface area (Å²) in [6.45, 7) is 3.29. The normalized spacial score (nSPS) is 17.6. The van der Waals surface area contributed by atoms with Gasteiger partial charge >= 0.3 is 0 Å². The van der Waals surface area contributed by atoms with Crippen molar-refractivity contribution >= 4 is 41.7 Å². The summed E-state index contributed by atoms with van der Waals surface area (Å²) in [6.07, 6.45) is 2.49. The third-order valence-corrected chi connectivity index (χ3v) is 4.93. The van der Waals surface area contributed by atoms with Gasteiger partial charge in [0.2, 0.25) is 0 Å². The molecule has 0 aromatic heterocycles. The lowest BCUT2D eigenvalue weighted by atomic mass is 10.2. The van der Waals surface area contributed by atoms with Gasteiger partial charge in [-0.25, -0.2) is 0 Å². The van der Waals surface area contributed by atoms with E-state index in [4.69, 9.17) is 9.47 Å². The van der Waals surface area contributed by atoms with Gasteiger partial charge in [-0.05, 0) is 43.2 Å². The maximum atomic E-state index is 5.62. The molecule has 1 saturated heterocycles. The predicted molar refractivity (Wildman–Crippen MR) is 113 cm³/mol. The molecule has 1 aromatic carbocycles. The third kappa shape index (κ3) is 6.58. The molecule has 0 saturated carbocycles. The predicted octanol–water partition coefficient (Wildman–Crippen LogP) is 3.27. The molecule has 2 rings (SSSR count). The van der Waals surface area contributed by atoms with Crippen LogP contribution in [0.2, 0.25) is 0 Å². The van der Waals surface area contributed by atoms with Crippen LogP contribution in [0.4, 0.5) is 0 Å². The van der Waals surface area contributed by atoms with Crippen LogP contribution < -0.4 is 20.1 Å². The average molecular weight is 465 g/mol. The first kappa shape index (κ1) is 21.2. The highest BCUT2D eigenvalue weighted by Gasteiger charge is 2.14. The van der Waals surface area contributed by atoms with Gasteiger partial charge in [0, 0.05) is 25.4 Å². The van der Waals surface area contributed by atoms with E-state index in [0.29, 0.717) is 19.2 Å². The van der Waals surface area contributed by atoms with Crippen molar-refractivity contribution < 1.29 is 9.47 Å². The molecule has 1 heterocycles. The van der Waals surface area contributed by atoms with Crippen molar-refractivity contribution in [1.29, 1.82) is 0 Å². The quantitative estimate of drug-likeness (QED) is 0.384. The largest absolute Gasteiger partial charge is 0.493 e. The Labute approximate surface area is 166 Å². The van der Waals surface area contributed by atoms with Crippen molar-refractivity contribution in [3.63, 3.8) is 0 Å². The summed E-state index contributed by atoms with van der Waals surface area (Å²) >= 11 is 2.01. The van der Waals surface area contributed by atoms with E-state index < -0.39 is 0 Å². The number of nitrogens with one attached hydrogen (secondary N) is 2. The smallest absolute Gasteiger partial charge is 0.191 e. The lowest BCUT2D eigenvalue weighted by Gasteiger charge is -2.24. The molecule has 2 N–H and O–H groups in total. The minimum atomic E-state index is 0. The first-order valence-corrected chi connectivity index (χ1v) is 9.27. The van der Waals surface area contributed by atoms with E-state index in [-0.39, 0.29) is 24.0 Å². The van der Waals surface area contributed by atoms with Gasteiger partial charge in [0.25, 0.3) is 0 Å². The SMILES string of the molecule is CCOc1cc(CNC(=NC)NC2CCCSC2)ccc1OC.I. The molecular weight excluding hydrogens is 437 g/mol. The summed E-state index contributed by atoms with van der Waals surface area (Å²) in [5, 5.41) is 6.87. The van der Waals surface area contributed by atoms with Gasteiger partial charge in [-0.3, -0.25) is 4.99 Å². The van der Waals surface area contributed by atoms with Crippen LogP contribution in [0.3, 0.4) is 0 Å². The lowest BCUT2D eigenvalue weighted by Crippen LogP contribution is -2.45. The van der Waals surface area contributed by atoms with E-state index in [1.807, 2.05) is 43.9 Å². The van der Waals surface area contributed by atoms with Gasteiger partial charge in [-0.1, -0.05) is 6.07 Å². The summed E-state index contributed by atoms with van der Waals surface area (Å²) in [6, 6.07) is 6.50. The van der Waals surface area contributed by atoms with Crippen molar-refractivity contribution in [3.05, 3.63) is 23.8 Å². The van der Waals surface area contributed by atoms with Crippen LogP contribution in [0.15, 0.2) is 23.2 Å². The Hall–Kier alpha value is -0.830. The number of nitrogens with zero attached hydrogens (tertiary/aromatic N) is 1. The first-order valence-electron chi connectivity index (χ1n) is 8.11. The number of aliphatic imine (C=N–C) groups is 1. The highest BCUT2D eigenvalue weighted by molar-refractivity contribution is 14.0. The Morgan fingerprint density at radius 1 is 1.38 bits per heavy atom. The van der Waals surface area contributed by atoms with Crippen LogP contribution in [0.1, 0.15) is 25.3 Å². The molecule has 0 spiro atoms. The van der Waals surface area contributed by atoms with E-state index in [9.17, 15) is 0 Å². The molecule has 0 amide bonds. The molecule has 0 aliphatic carbocycles. The summed E-state index contributed by atoms with van der Waals surface area (Å²) in [5.74, 6) is 4.82. The number of thioether (sulfide) groups is 1. The highest BCUT2D eigenvalue weighted by Crippen LogP contribution is 2.28. The molecule has 5 nitrogen and oxygen atoms in total. The van der Waals surface area contributed by atoms with Crippen molar-refractivity contribution in [2.24, 2.45) is 4.99 Å². The molecule has 136 valence electrons. The fourth-order valence-electron chi connectivity index (χ4n) is 2.53. The Morgan fingerprint density at radius 3 is 2.83 bits per heavy atom. The zero-order chi connectivity index (χ0) is 16.5. The number of guanidine groups is 1. The highest BCUT2D eigenvalue weighted by atomic mass is 127. The van der Waals surface area contributed by atoms with Gasteiger partial charge in [0.05, 0.1) is 13.7 Å². The van der Waals surface area contributed by atoms with Crippen LogP contribution >= 0.6 is 35.7 Å². The van der Waals surface area contributed by atoms with Gasteiger partial charge in [-0.2, -0.15) is 11.8 Å². The maximum Gasteiger partial charge on any atom is 0.191 e. The van der Waals surface area contributed by atoms with Crippen LogP contribution in [-0.4, -0.2) is 44.3 Å². The van der Waals surface area contributed by atoms with Crippen LogP contribution in [0, 0.1) is 0 Å². The number of ether oxygens (including phenoxy) is 2. The zero-order valence-corrected chi connectivity index (χ0v) is 17.8. The summed E-state index contributed by atoms with van der Waals surface area (Å²) in [7, 11) is 3.47. The molecule has 0 bridgehead atoms. The third-order valence-electron chi connectivity index (χ3n) is 3.71. The monoisotopic (exact) mass is 465 g/mol. The second-order valence-corrected chi connectivity index (χ2v) is 6.55. The molecule has 1 aliphatic heterocycles. The van der Waals surface area contributed by atoms with Crippen LogP contribution in [-0.2, 0) is 6.54 Å². The van der Waals surface area contributed by atoms with Crippen molar-refractivity contribution in [1.82, 2.24) is 10.6 Å². The Balaban J connectivity index is 0.00000288. The minimum absolute atomic E-state index is 0. The Bertz CT molecular complexity index is 523. The van der Waals surface area contributed by atoms with E-state index in [1.165, 1.54) is 18.6 Å². The van der Waals surface area contributed by atoms with Crippen molar-refractivity contribution in [2.75, 3.05) is 32.3 Å². The molecular formula is C17H28IN3O2S. The van der Waals surface area contributed by atoms with E-state index in [0.717, 1.165) is 28.8 Å². The zero-order valence-electron chi connectivity index (χ0n) is 14.6. The van der Waals surface area contributed by atoms with E-state index >= 15 is 0 Å². The number of methoxy groups -OCH3 is 1. The second-order valence-electron chi connectivity index (χ2n) is 5.40. The van der Waals surface area contributed by atoms with Gasteiger partial charge in [0.1, 0.15) is 0 Å². The van der Waals surface area contributed by atoms with Crippen LogP contribution in [0.5, 0.6) is 11.5 Å². The Kier molecular flexibility index (Phi) is 10.3. The molecule has 7 heteroatoms. The standard InChI is InChI=1S/C17H27N3O2S.HI/c1-4-22-16-10-13(7-8-15(16)21-3)11-19-17(18-2)20-14-6-5-9-23-12-14;/h7-8,10,14H,4-6,9,11-12H2,1-3H3,(H2,18,19,20);1H. The summed E-state index contributed by atoms with van der Waals surface area (Å²) in [5.41, 5.74) is 1.13. The van der Waals surface area contributed by atoms with E-state index in [1.54, 1.807) is 7.11 Å². The molecule has 24 heavy (non-hydrogen) atoms. The molecule has 0 radical (unpaired) electrons. The maximum absolute atomic E-state index is 5.62. The minimum Gasteiger partial charge on any atom is -0.493 e. The fraction of sp³-hybridized carbons (Fsp3) is 0.588. The molecule has 1 fully saturated rings. The first-order chi connectivity index (χ1) is 11.3. The number of benzene rings is 1. The van der Waals surface area contributed by atoms with Gasteiger partial charge in [-0.15, -0.1) is 24.0 Å². The Morgan fingerprint density at radius 2 is 2.21 bits per heavy atom. The van der Waals surface area contributed by atoms with Crippen molar-refractivity contribution in [2.45, 2.75) is 32.4 Å². The summed E-state index contributed by atoms with van der Waals surface area (Å²) in [4.78, 5) is 4.32. The van der Waals surface area contributed by atoms with Crippen LogP contribution in [0.25, 0.3) is 0 Å². The number of halogens is 1. The lowest BCUT2D eigenvalue weighted by molar-refractivity contribution is 0.310. The average Bonchev–Trinajstić information content (AvgIpc) is 2.60. The molecule has 1 atom stereocenters. The number of hydrogen-bond acceptors (Lipinski definition) is 4. The number of hydrogen-bond donors (Lipinski definition) is 2. The van der Waals surface area contributed by atoms with Gasteiger partial charge in [0.15, 0.2) is 17.5 Å². The number of rotatable bonds is 6. The van der Waals surface area contributed by atoms with Gasteiger partial charge < -0.3 is 20.1 Å². The molecule has 1 aliphatic rings. The fourth-order valence-corrected chi connectivity index (χ4v) is 3.60. The topological polar surface area (TPSA) is 54.9 Å². The molecule has 1 unspecified atom stereocenters. The second kappa shape index (κ2) is 11.7. The van der Waals surface area contributed by atoms with E-state index in [2.05, 4.69) is 15.6 Å². The molecule has 1 aromatic rings. The summed E-state index contributed by atoms with van der Waals surface area (Å²) < 4.78 is 10.9.